The monoisotopic (exact) mass is 268 g/mol. The molecule has 1 aromatic heterocycles. The standard InChI is InChI=1S/C17H20N2O/c18-9-15-1-2-19-10-16(15)20-11-17-6-12-3-13(7-17)5-14(4-12)8-17/h1-2,10,12-14H,3-8,11H2. The minimum atomic E-state index is 0.386. The van der Waals surface area contributed by atoms with Crippen molar-refractivity contribution in [2.75, 3.05) is 6.61 Å². The number of nitrogens with zero attached hydrogens (tertiary/aromatic N) is 2. The minimum Gasteiger partial charge on any atom is -0.490 e. The van der Waals surface area contributed by atoms with Crippen molar-refractivity contribution in [1.29, 1.82) is 5.26 Å². The van der Waals surface area contributed by atoms with Gasteiger partial charge in [-0.2, -0.15) is 5.26 Å². The molecule has 0 aromatic carbocycles. The average molecular weight is 268 g/mol. The lowest BCUT2D eigenvalue weighted by Gasteiger charge is -2.56. The first kappa shape index (κ1) is 12.2. The molecule has 0 saturated heterocycles. The molecular formula is C17H20N2O. The molecule has 1 heterocycles. The van der Waals surface area contributed by atoms with Crippen molar-refractivity contribution in [2.24, 2.45) is 23.2 Å². The van der Waals surface area contributed by atoms with Gasteiger partial charge in [-0.1, -0.05) is 0 Å². The second-order valence-corrected chi connectivity index (χ2v) is 7.19. The Labute approximate surface area is 120 Å². The third-order valence-electron chi connectivity index (χ3n) is 5.60. The summed E-state index contributed by atoms with van der Waals surface area (Å²) in [6.45, 7) is 0.775. The third kappa shape index (κ3) is 1.98. The fourth-order valence-electron chi connectivity index (χ4n) is 5.28. The predicted octanol–water partition coefficient (Wildman–Crippen LogP) is 3.55. The van der Waals surface area contributed by atoms with Gasteiger partial charge >= 0.3 is 0 Å². The molecule has 4 aliphatic carbocycles. The summed E-state index contributed by atoms with van der Waals surface area (Å²) in [7, 11) is 0. The molecule has 3 heteroatoms. The van der Waals surface area contributed by atoms with Gasteiger partial charge in [0, 0.05) is 11.6 Å². The number of nitriles is 1. The highest BCUT2D eigenvalue weighted by molar-refractivity contribution is 5.40. The van der Waals surface area contributed by atoms with Crippen LogP contribution in [0.2, 0.25) is 0 Å². The summed E-state index contributed by atoms with van der Waals surface area (Å²) in [5.74, 6) is 3.48. The molecule has 0 N–H and O–H groups in total. The largest absolute Gasteiger partial charge is 0.490 e. The minimum absolute atomic E-state index is 0.386. The molecule has 20 heavy (non-hydrogen) atoms. The van der Waals surface area contributed by atoms with E-state index in [1.807, 2.05) is 0 Å². The molecule has 0 aliphatic heterocycles. The fraction of sp³-hybridized carbons (Fsp3) is 0.647. The zero-order valence-electron chi connectivity index (χ0n) is 11.7. The zero-order chi connectivity index (χ0) is 13.6. The van der Waals surface area contributed by atoms with Gasteiger partial charge in [-0.15, -0.1) is 0 Å². The maximum absolute atomic E-state index is 9.12. The number of hydrogen-bond acceptors (Lipinski definition) is 3. The number of aromatic nitrogens is 1. The summed E-state index contributed by atoms with van der Waals surface area (Å²) in [5, 5.41) is 9.12. The van der Waals surface area contributed by atoms with Crippen LogP contribution in [0.25, 0.3) is 0 Å². The smallest absolute Gasteiger partial charge is 0.155 e. The van der Waals surface area contributed by atoms with Gasteiger partial charge < -0.3 is 4.74 Å². The van der Waals surface area contributed by atoms with E-state index in [0.717, 1.165) is 24.4 Å². The first-order valence-electron chi connectivity index (χ1n) is 7.73. The summed E-state index contributed by atoms with van der Waals surface area (Å²) in [5.41, 5.74) is 0.988. The van der Waals surface area contributed by atoms with Crippen molar-refractivity contribution in [1.82, 2.24) is 4.98 Å². The van der Waals surface area contributed by atoms with E-state index < -0.39 is 0 Å². The molecule has 0 amide bonds. The first-order valence-corrected chi connectivity index (χ1v) is 7.73. The molecule has 0 atom stereocenters. The van der Waals surface area contributed by atoms with Crippen molar-refractivity contribution in [2.45, 2.75) is 38.5 Å². The van der Waals surface area contributed by atoms with Gasteiger partial charge in [-0.05, 0) is 62.3 Å². The predicted molar refractivity (Wildman–Crippen MR) is 75.1 cm³/mol. The van der Waals surface area contributed by atoms with Gasteiger partial charge in [0.2, 0.25) is 0 Å². The molecule has 4 saturated carbocycles. The third-order valence-corrected chi connectivity index (χ3v) is 5.60. The van der Waals surface area contributed by atoms with Crippen LogP contribution in [0.1, 0.15) is 44.1 Å². The Kier molecular flexibility index (Phi) is 2.73. The van der Waals surface area contributed by atoms with Crippen LogP contribution in [0, 0.1) is 34.5 Å². The van der Waals surface area contributed by atoms with E-state index in [9.17, 15) is 0 Å². The Bertz CT molecular complexity index is 525. The van der Waals surface area contributed by atoms with Crippen LogP contribution < -0.4 is 4.74 Å². The van der Waals surface area contributed by atoms with Gasteiger partial charge in [0.1, 0.15) is 6.07 Å². The molecule has 0 radical (unpaired) electrons. The number of pyridine rings is 1. The molecular weight excluding hydrogens is 248 g/mol. The quantitative estimate of drug-likeness (QED) is 0.842. The second kappa shape index (κ2) is 4.48. The Morgan fingerprint density at radius 2 is 1.85 bits per heavy atom. The maximum atomic E-state index is 9.12. The van der Waals surface area contributed by atoms with Crippen molar-refractivity contribution in [3.63, 3.8) is 0 Å². The Hall–Kier alpha value is -1.56. The van der Waals surface area contributed by atoms with Crippen molar-refractivity contribution in [3.05, 3.63) is 24.0 Å². The van der Waals surface area contributed by atoms with Crippen LogP contribution >= 0.6 is 0 Å². The molecule has 4 fully saturated rings. The van der Waals surface area contributed by atoms with Gasteiger partial charge in [0.15, 0.2) is 5.75 Å². The molecule has 5 rings (SSSR count). The molecule has 1 aromatic rings. The van der Waals surface area contributed by atoms with Crippen LogP contribution in [-0.2, 0) is 0 Å². The highest BCUT2D eigenvalue weighted by Crippen LogP contribution is 2.60. The van der Waals surface area contributed by atoms with Crippen LogP contribution in [0.4, 0.5) is 0 Å². The number of hydrogen-bond donors (Lipinski definition) is 0. The van der Waals surface area contributed by atoms with E-state index in [1.165, 1.54) is 38.5 Å². The fourth-order valence-corrected chi connectivity index (χ4v) is 5.28. The van der Waals surface area contributed by atoms with E-state index in [1.54, 1.807) is 18.5 Å². The van der Waals surface area contributed by atoms with Crippen molar-refractivity contribution in [3.8, 4) is 11.8 Å². The van der Waals surface area contributed by atoms with E-state index in [2.05, 4.69) is 11.1 Å². The highest BCUT2D eigenvalue weighted by atomic mass is 16.5. The molecule has 0 unspecified atom stereocenters. The average Bonchev–Trinajstić information content (AvgIpc) is 2.44. The van der Waals surface area contributed by atoms with Gasteiger partial charge in [-0.3, -0.25) is 4.98 Å². The van der Waals surface area contributed by atoms with E-state index in [4.69, 9.17) is 10.00 Å². The second-order valence-electron chi connectivity index (χ2n) is 7.19. The van der Waals surface area contributed by atoms with Crippen LogP contribution in [0.3, 0.4) is 0 Å². The zero-order valence-corrected chi connectivity index (χ0v) is 11.7. The van der Waals surface area contributed by atoms with E-state index in [0.29, 0.717) is 16.7 Å². The number of ether oxygens (including phenoxy) is 1. The lowest BCUT2D eigenvalue weighted by atomic mass is 9.50. The highest BCUT2D eigenvalue weighted by Gasteiger charge is 2.51. The summed E-state index contributed by atoms with van der Waals surface area (Å²) in [6, 6.07) is 3.92. The summed E-state index contributed by atoms with van der Waals surface area (Å²) >= 11 is 0. The molecule has 4 bridgehead atoms. The maximum Gasteiger partial charge on any atom is 0.155 e. The van der Waals surface area contributed by atoms with E-state index >= 15 is 0 Å². The Balaban J connectivity index is 1.51. The van der Waals surface area contributed by atoms with Gasteiger partial charge in [0.25, 0.3) is 0 Å². The number of rotatable bonds is 3. The van der Waals surface area contributed by atoms with Crippen molar-refractivity contribution >= 4 is 0 Å². The normalized spacial score (nSPS) is 37.6. The molecule has 3 nitrogen and oxygen atoms in total. The van der Waals surface area contributed by atoms with Gasteiger partial charge in [-0.25, -0.2) is 0 Å². The summed E-state index contributed by atoms with van der Waals surface area (Å²) < 4.78 is 6.03. The van der Waals surface area contributed by atoms with E-state index in [-0.39, 0.29) is 0 Å². The first-order chi connectivity index (χ1) is 9.76. The summed E-state index contributed by atoms with van der Waals surface area (Å²) in [6.07, 6.45) is 11.7. The Morgan fingerprint density at radius 3 is 2.45 bits per heavy atom. The lowest BCUT2D eigenvalue weighted by Crippen LogP contribution is -2.48. The molecule has 4 aliphatic rings. The lowest BCUT2D eigenvalue weighted by molar-refractivity contribution is -0.0746. The van der Waals surface area contributed by atoms with Gasteiger partial charge in [0.05, 0.1) is 18.4 Å². The topological polar surface area (TPSA) is 45.9 Å². The SMILES string of the molecule is N#Cc1ccncc1OCC12CC3CC(CC(C3)C1)C2. The van der Waals surface area contributed by atoms with Crippen LogP contribution in [0.15, 0.2) is 18.5 Å². The van der Waals surface area contributed by atoms with Crippen molar-refractivity contribution < 1.29 is 4.74 Å². The van der Waals surface area contributed by atoms with Crippen LogP contribution in [-0.4, -0.2) is 11.6 Å². The Morgan fingerprint density at radius 1 is 1.20 bits per heavy atom. The summed E-state index contributed by atoms with van der Waals surface area (Å²) in [4.78, 5) is 4.08. The molecule has 0 spiro atoms. The van der Waals surface area contributed by atoms with Crippen LogP contribution in [0.5, 0.6) is 5.75 Å². The molecule has 104 valence electrons.